The van der Waals surface area contributed by atoms with E-state index in [1.807, 2.05) is 35.8 Å². The number of nitrogens with zero attached hydrogens (tertiary/aromatic N) is 3. The zero-order valence-corrected chi connectivity index (χ0v) is 11.5. The molecule has 2 rings (SSSR count). The molecule has 1 aromatic rings. The van der Waals surface area contributed by atoms with Gasteiger partial charge in [0.25, 0.3) is 0 Å². The molecule has 1 saturated heterocycles. The van der Waals surface area contributed by atoms with Crippen molar-refractivity contribution in [1.82, 2.24) is 15.1 Å². The van der Waals surface area contributed by atoms with Gasteiger partial charge in [0.05, 0.1) is 5.69 Å². The van der Waals surface area contributed by atoms with Gasteiger partial charge in [0.15, 0.2) is 5.17 Å². The molecule has 0 spiro atoms. The maximum absolute atomic E-state index is 4.59. The van der Waals surface area contributed by atoms with Crippen LogP contribution in [0.4, 0.5) is 0 Å². The average Bonchev–Trinajstić information content (AvgIpc) is 2.87. The number of hydrogen-bond acceptors (Lipinski definition) is 3. The van der Waals surface area contributed by atoms with Crippen LogP contribution in [0, 0.1) is 0 Å². The summed E-state index contributed by atoms with van der Waals surface area (Å²) < 4.78 is 1.83. The quantitative estimate of drug-likeness (QED) is 0.889. The van der Waals surface area contributed by atoms with Gasteiger partial charge in [0, 0.05) is 37.5 Å². The number of aliphatic imine (C=N–C) groups is 1. The zero-order chi connectivity index (χ0) is 12.3. The molecule has 17 heavy (non-hydrogen) atoms. The minimum absolute atomic E-state index is 0.231. The van der Waals surface area contributed by atoms with Gasteiger partial charge >= 0.3 is 0 Å². The first-order chi connectivity index (χ1) is 8.11. The Morgan fingerprint density at radius 3 is 3.06 bits per heavy atom. The van der Waals surface area contributed by atoms with Crippen LogP contribution in [0.15, 0.2) is 17.3 Å². The van der Waals surface area contributed by atoms with E-state index < -0.39 is 0 Å². The normalized spacial score (nSPS) is 26.4. The smallest absolute Gasteiger partial charge is 0.157 e. The molecule has 1 N–H and O–H groups in total. The van der Waals surface area contributed by atoms with Gasteiger partial charge in [0.1, 0.15) is 0 Å². The molecule has 1 atom stereocenters. The third-order valence-electron chi connectivity index (χ3n) is 3.11. The molecule has 0 aliphatic carbocycles. The molecule has 0 amide bonds. The minimum Gasteiger partial charge on any atom is -0.359 e. The second-order valence-electron chi connectivity index (χ2n) is 4.75. The maximum Gasteiger partial charge on any atom is 0.157 e. The molecule has 1 aliphatic heterocycles. The van der Waals surface area contributed by atoms with Gasteiger partial charge < -0.3 is 5.32 Å². The van der Waals surface area contributed by atoms with E-state index in [-0.39, 0.29) is 5.54 Å². The summed E-state index contributed by atoms with van der Waals surface area (Å²) in [4.78, 5) is 4.59. The number of aryl methyl sites for hydroxylation is 1. The first kappa shape index (κ1) is 12.5. The highest BCUT2D eigenvalue weighted by molar-refractivity contribution is 8.14. The molecule has 2 heterocycles. The Bertz CT molecular complexity index is 412. The molecule has 94 valence electrons. The van der Waals surface area contributed by atoms with Crippen molar-refractivity contribution >= 4 is 16.9 Å². The first-order valence-corrected chi connectivity index (χ1v) is 7.04. The molecule has 0 radical (unpaired) electrons. The van der Waals surface area contributed by atoms with Crippen molar-refractivity contribution in [2.45, 2.75) is 32.2 Å². The average molecular weight is 252 g/mol. The van der Waals surface area contributed by atoms with Gasteiger partial charge in [-0.15, -0.1) is 0 Å². The largest absolute Gasteiger partial charge is 0.359 e. The molecule has 1 aliphatic rings. The van der Waals surface area contributed by atoms with Gasteiger partial charge in [-0.2, -0.15) is 5.10 Å². The van der Waals surface area contributed by atoms with Crippen molar-refractivity contribution in [3.63, 3.8) is 0 Å². The summed E-state index contributed by atoms with van der Waals surface area (Å²) in [5.74, 6) is 1.12. The van der Waals surface area contributed by atoms with E-state index >= 15 is 0 Å². The van der Waals surface area contributed by atoms with Crippen LogP contribution in [0.5, 0.6) is 0 Å². The number of hydrogen-bond donors (Lipinski definition) is 1. The van der Waals surface area contributed by atoms with Crippen molar-refractivity contribution in [2.75, 3.05) is 12.3 Å². The highest BCUT2D eigenvalue weighted by atomic mass is 32.2. The van der Waals surface area contributed by atoms with Crippen LogP contribution in [0.3, 0.4) is 0 Å². The van der Waals surface area contributed by atoms with Crippen molar-refractivity contribution in [3.05, 3.63) is 18.0 Å². The number of amidine groups is 1. The number of aromatic nitrogens is 2. The lowest BCUT2D eigenvalue weighted by Crippen LogP contribution is -2.39. The summed E-state index contributed by atoms with van der Waals surface area (Å²) in [6.45, 7) is 5.28. The van der Waals surface area contributed by atoms with E-state index in [2.05, 4.69) is 29.3 Å². The molecule has 0 aromatic carbocycles. The standard InChI is InChI=1S/C12H20N4S/c1-4-12(2)9-17-11(14-12)13-7-5-10-6-8-16(3)15-10/h6,8H,4-5,7,9H2,1-3H3,(H,13,14). The minimum atomic E-state index is 0.231. The summed E-state index contributed by atoms with van der Waals surface area (Å²) in [6.07, 6.45) is 4.02. The molecule has 1 aromatic heterocycles. The van der Waals surface area contributed by atoms with Crippen molar-refractivity contribution < 1.29 is 0 Å². The van der Waals surface area contributed by atoms with E-state index in [1.165, 1.54) is 0 Å². The lowest BCUT2D eigenvalue weighted by Gasteiger charge is -2.20. The van der Waals surface area contributed by atoms with Gasteiger partial charge in [-0.3, -0.25) is 9.67 Å². The van der Waals surface area contributed by atoms with Gasteiger partial charge in [-0.1, -0.05) is 18.7 Å². The number of rotatable bonds is 4. The monoisotopic (exact) mass is 252 g/mol. The number of nitrogens with one attached hydrogen (secondary N) is 1. The second kappa shape index (κ2) is 5.12. The van der Waals surface area contributed by atoms with E-state index in [0.29, 0.717) is 0 Å². The Hall–Kier alpha value is -0.970. The molecule has 1 unspecified atom stereocenters. The molecular weight excluding hydrogens is 232 g/mol. The molecule has 0 saturated carbocycles. The second-order valence-corrected chi connectivity index (χ2v) is 5.71. The van der Waals surface area contributed by atoms with Gasteiger partial charge in [-0.25, -0.2) is 0 Å². The van der Waals surface area contributed by atoms with Crippen LogP contribution in [0.25, 0.3) is 0 Å². The van der Waals surface area contributed by atoms with Crippen LogP contribution >= 0.6 is 11.8 Å². The Morgan fingerprint density at radius 1 is 1.65 bits per heavy atom. The van der Waals surface area contributed by atoms with Crippen molar-refractivity contribution in [1.29, 1.82) is 0 Å². The molecule has 5 heteroatoms. The van der Waals surface area contributed by atoms with Crippen LogP contribution in [-0.4, -0.2) is 32.8 Å². The van der Waals surface area contributed by atoms with Crippen LogP contribution in [0.2, 0.25) is 0 Å². The third kappa shape index (κ3) is 3.25. The van der Waals surface area contributed by atoms with Crippen molar-refractivity contribution in [3.8, 4) is 0 Å². The summed E-state index contributed by atoms with van der Waals surface area (Å²) in [5.41, 5.74) is 1.34. The maximum atomic E-state index is 4.59. The Labute approximate surface area is 107 Å². The van der Waals surface area contributed by atoms with Crippen molar-refractivity contribution in [2.24, 2.45) is 12.0 Å². The lowest BCUT2D eigenvalue weighted by molar-refractivity contribution is 0.466. The fourth-order valence-electron chi connectivity index (χ4n) is 1.70. The predicted molar refractivity (Wildman–Crippen MR) is 73.5 cm³/mol. The summed E-state index contributed by atoms with van der Waals surface area (Å²) in [6, 6.07) is 2.05. The SMILES string of the molecule is CCC1(C)CSC(=NCCc2ccn(C)n2)N1. The summed E-state index contributed by atoms with van der Waals surface area (Å²) in [7, 11) is 1.94. The van der Waals surface area contributed by atoms with E-state index in [0.717, 1.165) is 36.0 Å². The van der Waals surface area contributed by atoms with Gasteiger partial charge in [0.2, 0.25) is 0 Å². The highest BCUT2D eigenvalue weighted by Crippen LogP contribution is 2.25. The fourth-order valence-corrected chi connectivity index (χ4v) is 2.93. The predicted octanol–water partition coefficient (Wildman–Crippen LogP) is 1.82. The lowest BCUT2D eigenvalue weighted by atomic mass is 10.0. The third-order valence-corrected chi connectivity index (χ3v) is 4.39. The Balaban J connectivity index is 1.82. The van der Waals surface area contributed by atoms with Crippen LogP contribution < -0.4 is 5.32 Å². The topological polar surface area (TPSA) is 42.2 Å². The van der Waals surface area contributed by atoms with Crippen LogP contribution in [-0.2, 0) is 13.5 Å². The molecule has 1 fully saturated rings. The van der Waals surface area contributed by atoms with E-state index in [1.54, 1.807) is 0 Å². The summed E-state index contributed by atoms with van der Waals surface area (Å²) >= 11 is 1.83. The molecule has 0 bridgehead atoms. The fraction of sp³-hybridized carbons (Fsp3) is 0.667. The Kier molecular flexibility index (Phi) is 3.76. The summed E-state index contributed by atoms with van der Waals surface area (Å²) in [5, 5.41) is 8.92. The zero-order valence-electron chi connectivity index (χ0n) is 10.7. The first-order valence-electron chi connectivity index (χ1n) is 6.05. The molecular formula is C12H20N4S. The highest BCUT2D eigenvalue weighted by Gasteiger charge is 2.30. The number of thioether (sulfide) groups is 1. The Morgan fingerprint density at radius 2 is 2.47 bits per heavy atom. The van der Waals surface area contributed by atoms with Gasteiger partial charge in [-0.05, 0) is 19.4 Å². The van der Waals surface area contributed by atoms with E-state index in [4.69, 9.17) is 0 Å². The molecule has 4 nitrogen and oxygen atoms in total. The van der Waals surface area contributed by atoms with E-state index in [9.17, 15) is 0 Å². The van der Waals surface area contributed by atoms with Crippen LogP contribution in [0.1, 0.15) is 26.0 Å².